The first-order valence-electron chi connectivity index (χ1n) is 6.04. The number of nitrogens with zero attached hydrogens (tertiary/aromatic N) is 2. The molecule has 0 aliphatic rings. The third kappa shape index (κ3) is 3.93. The Morgan fingerprint density at radius 1 is 1.37 bits per heavy atom. The monoisotopic (exact) mass is 301 g/mol. The van der Waals surface area contributed by atoms with Crippen LogP contribution in [0.15, 0.2) is 28.8 Å². The topological polar surface area (TPSA) is 51.0 Å². The number of rotatable bonds is 5. The van der Waals surface area contributed by atoms with Crippen LogP contribution in [-0.2, 0) is 0 Å². The molecule has 1 atom stereocenters. The second-order valence-corrected chi connectivity index (χ2v) is 4.52. The third-order valence-electron chi connectivity index (χ3n) is 2.63. The largest absolute Gasteiger partial charge is 0.337 e. The highest BCUT2D eigenvalue weighted by Gasteiger charge is 2.15. The lowest BCUT2D eigenvalue weighted by atomic mass is 10.2. The molecule has 1 heterocycles. The van der Waals surface area contributed by atoms with Crippen molar-refractivity contribution in [3.05, 3.63) is 35.2 Å². The van der Waals surface area contributed by atoms with Crippen LogP contribution >= 0.6 is 24.0 Å². The second-order valence-electron chi connectivity index (χ2n) is 4.11. The van der Waals surface area contributed by atoms with Crippen molar-refractivity contribution in [3.63, 3.8) is 0 Å². The van der Waals surface area contributed by atoms with Gasteiger partial charge in [0.2, 0.25) is 11.7 Å². The Labute approximate surface area is 124 Å². The van der Waals surface area contributed by atoms with E-state index in [0.717, 1.165) is 18.5 Å². The van der Waals surface area contributed by atoms with Gasteiger partial charge in [-0.25, -0.2) is 0 Å². The van der Waals surface area contributed by atoms with Crippen LogP contribution in [-0.4, -0.2) is 16.7 Å². The van der Waals surface area contributed by atoms with E-state index in [1.54, 1.807) is 0 Å². The summed E-state index contributed by atoms with van der Waals surface area (Å²) in [6.45, 7) is 5.03. The molecule has 0 fully saturated rings. The zero-order valence-corrected chi connectivity index (χ0v) is 12.5. The van der Waals surface area contributed by atoms with Crippen molar-refractivity contribution in [2.45, 2.75) is 26.3 Å². The molecule has 0 aliphatic carbocycles. The van der Waals surface area contributed by atoms with Crippen LogP contribution in [0.1, 0.15) is 32.2 Å². The summed E-state index contributed by atoms with van der Waals surface area (Å²) in [5, 5.41) is 7.89. The van der Waals surface area contributed by atoms with Gasteiger partial charge in [0, 0.05) is 5.56 Å². The first-order valence-corrected chi connectivity index (χ1v) is 6.42. The Hall–Kier alpha value is -1.10. The van der Waals surface area contributed by atoms with Crippen molar-refractivity contribution in [1.29, 1.82) is 0 Å². The third-order valence-corrected chi connectivity index (χ3v) is 2.96. The summed E-state index contributed by atoms with van der Waals surface area (Å²) < 4.78 is 5.25. The predicted octanol–water partition coefficient (Wildman–Crippen LogP) is 3.87. The Balaban J connectivity index is 0.00000180. The Kier molecular flexibility index (Phi) is 6.28. The average Bonchev–Trinajstić information content (AvgIpc) is 2.86. The molecule has 6 heteroatoms. The van der Waals surface area contributed by atoms with E-state index in [1.165, 1.54) is 0 Å². The smallest absolute Gasteiger partial charge is 0.243 e. The molecule has 2 aromatic rings. The number of benzene rings is 1. The number of hydrogen-bond donors (Lipinski definition) is 1. The van der Waals surface area contributed by atoms with Crippen LogP contribution in [0.25, 0.3) is 11.4 Å². The van der Waals surface area contributed by atoms with Crippen molar-refractivity contribution in [2.75, 3.05) is 6.54 Å². The SMILES string of the molecule is CCCNC(C)c1nc(-c2ccccc2Cl)no1.Cl. The molecule has 2 rings (SSSR count). The first kappa shape index (κ1) is 16.0. The number of aromatic nitrogens is 2. The summed E-state index contributed by atoms with van der Waals surface area (Å²) in [5.41, 5.74) is 0.789. The van der Waals surface area contributed by atoms with Gasteiger partial charge in [-0.3, -0.25) is 0 Å². The van der Waals surface area contributed by atoms with Gasteiger partial charge in [-0.15, -0.1) is 12.4 Å². The van der Waals surface area contributed by atoms with Gasteiger partial charge in [-0.2, -0.15) is 4.98 Å². The van der Waals surface area contributed by atoms with Crippen molar-refractivity contribution in [1.82, 2.24) is 15.5 Å². The van der Waals surface area contributed by atoms with Crippen LogP contribution < -0.4 is 5.32 Å². The minimum Gasteiger partial charge on any atom is -0.337 e. The zero-order valence-electron chi connectivity index (χ0n) is 10.9. The number of nitrogens with one attached hydrogen (secondary N) is 1. The molecule has 0 spiro atoms. The molecule has 1 aromatic heterocycles. The van der Waals surface area contributed by atoms with Gasteiger partial charge in [0.05, 0.1) is 11.1 Å². The van der Waals surface area contributed by atoms with Gasteiger partial charge in [0.1, 0.15) is 0 Å². The number of halogens is 2. The summed E-state index contributed by atoms with van der Waals surface area (Å²) >= 11 is 6.09. The van der Waals surface area contributed by atoms with Crippen LogP contribution in [0.2, 0.25) is 5.02 Å². The Morgan fingerprint density at radius 3 is 2.79 bits per heavy atom. The summed E-state index contributed by atoms with van der Waals surface area (Å²) in [4.78, 5) is 4.37. The average molecular weight is 302 g/mol. The molecule has 19 heavy (non-hydrogen) atoms. The van der Waals surface area contributed by atoms with Crippen LogP contribution in [0, 0.1) is 0 Å². The van der Waals surface area contributed by atoms with E-state index in [1.807, 2.05) is 31.2 Å². The Morgan fingerprint density at radius 2 is 2.11 bits per heavy atom. The molecular formula is C13H17Cl2N3O. The molecule has 0 aliphatic heterocycles. The maximum Gasteiger partial charge on any atom is 0.243 e. The van der Waals surface area contributed by atoms with E-state index in [2.05, 4.69) is 22.4 Å². The van der Waals surface area contributed by atoms with E-state index < -0.39 is 0 Å². The molecule has 0 bridgehead atoms. The summed E-state index contributed by atoms with van der Waals surface area (Å²) in [6.07, 6.45) is 1.07. The van der Waals surface area contributed by atoms with Gasteiger partial charge in [0.25, 0.3) is 0 Å². The lowest BCUT2D eigenvalue weighted by Gasteiger charge is -2.06. The van der Waals surface area contributed by atoms with Gasteiger partial charge in [0.15, 0.2) is 0 Å². The van der Waals surface area contributed by atoms with Gasteiger partial charge in [-0.05, 0) is 32.0 Å². The minimum atomic E-state index is 0. The normalized spacial score (nSPS) is 11.9. The number of hydrogen-bond acceptors (Lipinski definition) is 4. The standard InChI is InChI=1S/C13H16ClN3O.ClH/c1-3-8-15-9(2)13-16-12(17-18-13)10-6-4-5-7-11(10)14;/h4-7,9,15H,3,8H2,1-2H3;1H. The predicted molar refractivity (Wildman–Crippen MR) is 78.7 cm³/mol. The summed E-state index contributed by atoms with van der Waals surface area (Å²) in [6, 6.07) is 7.51. The van der Waals surface area contributed by atoms with Crippen LogP contribution in [0.3, 0.4) is 0 Å². The molecule has 0 amide bonds. The van der Waals surface area contributed by atoms with Gasteiger partial charge < -0.3 is 9.84 Å². The van der Waals surface area contributed by atoms with E-state index in [-0.39, 0.29) is 18.4 Å². The van der Waals surface area contributed by atoms with Crippen LogP contribution in [0.4, 0.5) is 0 Å². The molecular weight excluding hydrogens is 285 g/mol. The Bertz CT molecular complexity index is 516. The van der Waals surface area contributed by atoms with E-state index in [9.17, 15) is 0 Å². The minimum absolute atomic E-state index is 0. The summed E-state index contributed by atoms with van der Waals surface area (Å²) in [5.74, 6) is 1.11. The lowest BCUT2D eigenvalue weighted by molar-refractivity contribution is 0.340. The van der Waals surface area contributed by atoms with Crippen molar-refractivity contribution < 1.29 is 4.52 Å². The van der Waals surface area contributed by atoms with E-state index in [0.29, 0.717) is 16.7 Å². The first-order chi connectivity index (χ1) is 8.72. The fourth-order valence-electron chi connectivity index (χ4n) is 1.61. The zero-order chi connectivity index (χ0) is 13.0. The maximum absolute atomic E-state index is 6.09. The molecule has 104 valence electrons. The van der Waals surface area contributed by atoms with Crippen molar-refractivity contribution in [2.24, 2.45) is 0 Å². The second kappa shape index (κ2) is 7.48. The molecule has 1 unspecified atom stereocenters. The molecule has 0 radical (unpaired) electrons. The summed E-state index contributed by atoms with van der Waals surface area (Å²) in [7, 11) is 0. The lowest BCUT2D eigenvalue weighted by Crippen LogP contribution is -2.19. The highest BCUT2D eigenvalue weighted by molar-refractivity contribution is 6.33. The van der Waals surface area contributed by atoms with Crippen molar-refractivity contribution >= 4 is 24.0 Å². The maximum atomic E-state index is 6.09. The highest BCUT2D eigenvalue weighted by Crippen LogP contribution is 2.25. The molecule has 4 nitrogen and oxygen atoms in total. The van der Waals surface area contributed by atoms with Gasteiger partial charge in [-0.1, -0.05) is 35.8 Å². The van der Waals surface area contributed by atoms with Gasteiger partial charge >= 0.3 is 0 Å². The van der Waals surface area contributed by atoms with E-state index >= 15 is 0 Å². The highest BCUT2D eigenvalue weighted by atomic mass is 35.5. The fourth-order valence-corrected chi connectivity index (χ4v) is 1.83. The molecule has 1 aromatic carbocycles. The molecule has 0 saturated heterocycles. The van der Waals surface area contributed by atoms with Crippen molar-refractivity contribution in [3.8, 4) is 11.4 Å². The quantitative estimate of drug-likeness (QED) is 0.911. The fraction of sp³-hybridized carbons (Fsp3) is 0.385. The van der Waals surface area contributed by atoms with Crippen LogP contribution in [0.5, 0.6) is 0 Å². The molecule has 0 saturated carbocycles. The van der Waals surface area contributed by atoms with E-state index in [4.69, 9.17) is 16.1 Å². The molecule has 1 N–H and O–H groups in total.